The third-order valence-corrected chi connectivity index (χ3v) is 4.51. The number of nitrogens with zero attached hydrogens (tertiary/aromatic N) is 4. The van der Waals surface area contributed by atoms with E-state index in [1.54, 1.807) is 24.7 Å². The molecule has 3 aromatic rings. The van der Waals surface area contributed by atoms with Gasteiger partial charge in [0, 0.05) is 5.69 Å². The number of carbonyl (C=O) groups is 1. The van der Waals surface area contributed by atoms with Gasteiger partial charge in [-0.25, -0.2) is 13.5 Å². The van der Waals surface area contributed by atoms with E-state index in [0.29, 0.717) is 11.4 Å². The highest BCUT2D eigenvalue weighted by Gasteiger charge is 2.21. The van der Waals surface area contributed by atoms with Gasteiger partial charge in [-0.2, -0.15) is 10.2 Å². The summed E-state index contributed by atoms with van der Waals surface area (Å²) in [6.07, 6.45) is 1.41. The van der Waals surface area contributed by atoms with Crippen LogP contribution < -0.4 is 10.1 Å². The van der Waals surface area contributed by atoms with Crippen LogP contribution in [0.3, 0.4) is 0 Å². The lowest BCUT2D eigenvalue weighted by Crippen LogP contribution is -2.25. The predicted molar refractivity (Wildman–Crippen MR) is 104 cm³/mol. The fourth-order valence-electron chi connectivity index (χ4n) is 2.83. The molecular weight excluding hydrogens is 380 g/mol. The number of halogens is 2. The molecule has 0 saturated carbocycles. The van der Waals surface area contributed by atoms with Crippen LogP contribution in [-0.4, -0.2) is 25.5 Å². The number of amides is 1. The molecule has 0 saturated heterocycles. The van der Waals surface area contributed by atoms with E-state index in [4.69, 9.17) is 4.74 Å². The first-order valence-electron chi connectivity index (χ1n) is 9.26. The van der Waals surface area contributed by atoms with Gasteiger partial charge < -0.3 is 10.1 Å². The van der Waals surface area contributed by atoms with Gasteiger partial charge in [-0.3, -0.25) is 9.48 Å². The molecule has 1 N–H and O–H groups in total. The molecule has 2 heterocycles. The zero-order chi connectivity index (χ0) is 21.0. The van der Waals surface area contributed by atoms with Crippen molar-refractivity contribution in [2.75, 3.05) is 5.32 Å². The third-order valence-electron chi connectivity index (χ3n) is 4.51. The lowest BCUT2D eigenvalue weighted by atomic mass is 10.2. The molecule has 0 bridgehead atoms. The predicted octanol–water partition coefficient (Wildman–Crippen LogP) is 4.12. The summed E-state index contributed by atoms with van der Waals surface area (Å²) in [6.45, 7) is 5.50. The number of benzene rings is 1. The number of hydrogen-bond donors (Lipinski definition) is 1. The monoisotopic (exact) mass is 403 g/mol. The average Bonchev–Trinajstić information content (AvgIpc) is 3.32. The summed E-state index contributed by atoms with van der Waals surface area (Å²) in [4.78, 5) is 12.5. The number of hydrogen-bond acceptors (Lipinski definition) is 4. The Hall–Kier alpha value is -3.23. The van der Waals surface area contributed by atoms with Gasteiger partial charge in [0.05, 0.1) is 18.1 Å². The largest absolute Gasteiger partial charge is 0.471 e. The Balaban J connectivity index is 1.58. The Kier molecular flexibility index (Phi) is 6.26. The number of carbonyl (C=O) groups excluding carboxylic acids is 1. The molecule has 9 heteroatoms. The second-order valence-corrected chi connectivity index (χ2v) is 6.66. The van der Waals surface area contributed by atoms with Crippen LogP contribution in [0.1, 0.15) is 43.3 Å². The van der Waals surface area contributed by atoms with E-state index in [2.05, 4.69) is 22.4 Å². The third kappa shape index (κ3) is 4.98. The van der Waals surface area contributed by atoms with Crippen molar-refractivity contribution in [2.45, 2.75) is 46.4 Å². The maximum absolute atomic E-state index is 12.8. The second kappa shape index (κ2) is 8.85. The van der Waals surface area contributed by atoms with Gasteiger partial charge in [0.15, 0.2) is 6.73 Å². The number of aromatic nitrogens is 4. The summed E-state index contributed by atoms with van der Waals surface area (Å²) in [5.74, 6) is 0.341. The molecule has 0 aliphatic carbocycles. The minimum absolute atomic E-state index is 0.187. The fraction of sp³-hybridized carbons (Fsp3) is 0.350. The van der Waals surface area contributed by atoms with E-state index in [1.165, 1.54) is 22.5 Å². The lowest BCUT2D eigenvalue weighted by molar-refractivity contribution is -0.119. The maximum atomic E-state index is 12.8. The standard InChI is InChI=1S/C20H23F2N5O2/c1-4-15-5-7-17(8-6-15)29-12-26-11-16(10-23-26)24-20(28)14(3)27-13(2)9-18(25-27)19(21)22/h5-11,14,19H,4,12H2,1-3H3,(H,24,28). The number of alkyl halides is 2. The fourth-order valence-corrected chi connectivity index (χ4v) is 2.83. The minimum Gasteiger partial charge on any atom is -0.471 e. The molecule has 0 fully saturated rings. The van der Waals surface area contributed by atoms with Crippen LogP contribution >= 0.6 is 0 Å². The average molecular weight is 403 g/mol. The second-order valence-electron chi connectivity index (χ2n) is 6.66. The number of anilines is 1. The highest BCUT2D eigenvalue weighted by Crippen LogP contribution is 2.21. The first-order valence-corrected chi connectivity index (χ1v) is 9.26. The molecule has 7 nitrogen and oxygen atoms in total. The summed E-state index contributed by atoms with van der Waals surface area (Å²) >= 11 is 0. The van der Waals surface area contributed by atoms with Gasteiger partial charge >= 0.3 is 0 Å². The molecule has 0 spiro atoms. The molecule has 0 aliphatic heterocycles. The summed E-state index contributed by atoms with van der Waals surface area (Å²) < 4.78 is 34.1. The van der Waals surface area contributed by atoms with Crippen LogP contribution in [0.4, 0.5) is 14.5 Å². The molecule has 1 atom stereocenters. The summed E-state index contributed by atoms with van der Waals surface area (Å²) in [5, 5.41) is 10.7. The molecule has 2 aromatic heterocycles. The Morgan fingerprint density at radius 1 is 1.28 bits per heavy atom. The summed E-state index contributed by atoms with van der Waals surface area (Å²) in [6, 6.07) is 8.32. The molecular formula is C20H23F2N5O2. The quantitative estimate of drug-likeness (QED) is 0.614. The van der Waals surface area contributed by atoms with Crippen molar-refractivity contribution in [1.82, 2.24) is 19.6 Å². The zero-order valence-corrected chi connectivity index (χ0v) is 16.5. The van der Waals surface area contributed by atoms with Gasteiger partial charge in [-0.1, -0.05) is 19.1 Å². The molecule has 1 aromatic carbocycles. The Bertz CT molecular complexity index is 966. The van der Waals surface area contributed by atoms with Crippen LogP contribution in [0.5, 0.6) is 5.75 Å². The first kappa shape index (κ1) is 20.5. The van der Waals surface area contributed by atoms with Crippen molar-refractivity contribution < 1.29 is 18.3 Å². The molecule has 29 heavy (non-hydrogen) atoms. The summed E-state index contributed by atoms with van der Waals surface area (Å²) in [5.41, 5.74) is 1.84. The normalized spacial score (nSPS) is 12.2. The highest BCUT2D eigenvalue weighted by atomic mass is 19.3. The highest BCUT2D eigenvalue weighted by molar-refractivity contribution is 5.93. The minimum atomic E-state index is -2.68. The van der Waals surface area contributed by atoms with Gasteiger partial charge in [0.2, 0.25) is 5.91 Å². The molecule has 0 radical (unpaired) electrons. The van der Waals surface area contributed by atoms with Gasteiger partial charge in [0.25, 0.3) is 6.43 Å². The van der Waals surface area contributed by atoms with E-state index < -0.39 is 12.5 Å². The van der Waals surface area contributed by atoms with E-state index in [0.717, 1.165) is 12.2 Å². The van der Waals surface area contributed by atoms with Crippen molar-refractivity contribution in [3.8, 4) is 5.75 Å². The van der Waals surface area contributed by atoms with E-state index in [9.17, 15) is 13.6 Å². The van der Waals surface area contributed by atoms with Gasteiger partial charge in [0.1, 0.15) is 17.5 Å². The number of rotatable bonds is 8. The Morgan fingerprint density at radius 2 is 2.00 bits per heavy atom. The number of ether oxygens (including phenoxy) is 1. The number of aryl methyl sites for hydroxylation is 2. The zero-order valence-electron chi connectivity index (χ0n) is 16.5. The first-order chi connectivity index (χ1) is 13.9. The molecule has 154 valence electrons. The molecule has 0 aliphatic rings. The molecule has 1 amide bonds. The van der Waals surface area contributed by atoms with Crippen LogP contribution in [-0.2, 0) is 17.9 Å². The van der Waals surface area contributed by atoms with E-state index in [-0.39, 0.29) is 18.3 Å². The smallest absolute Gasteiger partial charge is 0.282 e. The van der Waals surface area contributed by atoms with Crippen molar-refractivity contribution in [1.29, 1.82) is 0 Å². The van der Waals surface area contributed by atoms with Crippen molar-refractivity contribution in [3.05, 3.63) is 59.7 Å². The van der Waals surface area contributed by atoms with Gasteiger partial charge in [-0.05, 0) is 44.0 Å². The maximum Gasteiger partial charge on any atom is 0.282 e. The number of nitrogens with one attached hydrogen (secondary N) is 1. The Labute approximate surface area is 167 Å². The van der Waals surface area contributed by atoms with Crippen molar-refractivity contribution >= 4 is 11.6 Å². The van der Waals surface area contributed by atoms with E-state index >= 15 is 0 Å². The molecule has 1 unspecified atom stereocenters. The van der Waals surface area contributed by atoms with Gasteiger partial charge in [-0.15, -0.1) is 0 Å². The van der Waals surface area contributed by atoms with Crippen LogP contribution in [0, 0.1) is 6.92 Å². The van der Waals surface area contributed by atoms with Crippen LogP contribution in [0.25, 0.3) is 0 Å². The van der Waals surface area contributed by atoms with Crippen LogP contribution in [0.2, 0.25) is 0 Å². The van der Waals surface area contributed by atoms with Crippen molar-refractivity contribution in [3.63, 3.8) is 0 Å². The Morgan fingerprint density at radius 3 is 2.62 bits per heavy atom. The SMILES string of the molecule is CCc1ccc(OCn2cc(NC(=O)C(C)n3nc(C(F)F)cc3C)cn2)cc1. The lowest BCUT2D eigenvalue weighted by Gasteiger charge is -2.13. The van der Waals surface area contributed by atoms with E-state index in [1.807, 2.05) is 24.3 Å². The topological polar surface area (TPSA) is 74.0 Å². The van der Waals surface area contributed by atoms with Crippen molar-refractivity contribution in [2.24, 2.45) is 0 Å². The summed E-state index contributed by atoms with van der Waals surface area (Å²) in [7, 11) is 0. The molecule has 3 rings (SSSR count). The van der Waals surface area contributed by atoms with Crippen LogP contribution in [0.15, 0.2) is 42.7 Å².